The molecule has 0 saturated carbocycles. The normalized spacial score (nSPS) is 16.9. The van der Waals surface area contributed by atoms with Crippen molar-refractivity contribution < 1.29 is 33.2 Å². The lowest BCUT2D eigenvalue weighted by molar-refractivity contribution is -0.727. The number of ether oxygens (including phenoxy) is 3. The van der Waals surface area contributed by atoms with Crippen LogP contribution in [0.5, 0.6) is 0 Å². The summed E-state index contributed by atoms with van der Waals surface area (Å²) in [6.45, 7) is 5.82. The van der Waals surface area contributed by atoms with Gasteiger partial charge in [0, 0.05) is 12.6 Å². The monoisotopic (exact) mass is 469 g/mol. The first kappa shape index (κ1) is 25.2. The molecule has 2 atom stereocenters. The van der Waals surface area contributed by atoms with Crippen molar-refractivity contribution in [1.29, 1.82) is 0 Å². The van der Waals surface area contributed by atoms with Crippen LogP contribution in [0.3, 0.4) is 0 Å². The fourth-order valence-electron chi connectivity index (χ4n) is 4.11. The van der Waals surface area contributed by atoms with Crippen molar-refractivity contribution in [2.24, 2.45) is 0 Å². The van der Waals surface area contributed by atoms with Gasteiger partial charge in [0.15, 0.2) is 12.4 Å². The number of benzene rings is 1. The van der Waals surface area contributed by atoms with Gasteiger partial charge in [-0.05, 0) is 51.7 Å². The third-order valence-corrected chi connectivity index (χ3v) is 5.61. The second-order valence-corrected chi connectivity index (χ2v) is 9.32. The average molecular weight is 470 g/mol. The van der Waals surface area contributed by atoms with Gasteiger partial charge in [0.25, 0.3) is 6.73 Å². The number of hydrogen-bond acceptors (Lipinski definition) is 6. The zero-order valence-corrected chi connectivity index (χ0v) is 20.2. The Bertz CT molecular complexity index is 1000. The highest BCUT2D eigenvalue weighted by Crippen LogP contribution is 2.32. The molecule has 0 N–H and O–H groups in total. The van der Waals surface area contributed by atoms with Gasteiger partial charge in [-0.25, -0.2) is 9.59 Å². The zero-order chi connectivity index (χ0) is 24.7. The van der Waals surface area contributed by atoms with E-state index in [1.807, 2.05) is 30.3 Å². The Morgan fingerprint density at radius 1 is 1.09 bits per heavy atom. The number of carbonyl (C=O) groups is 3. The van der Waals surface area contributed by atoms with E-state index in [0.29, 0.717) is 18.5 Å². The summed E-state index contributed by atoms with van der Waals surface area (Å²) in [4.78, 5) is 39.8. The zero-order valence-electron chi connectivity index (χ0n) is 20.2. The molecule has 1 aromatic heterocycles. The van der Waals surface area contributed by atoms with Crippen molar-refractivity contribution in [2.75, 3.05) is 13.7 Å². The molecule has 0 spiro atoms. The number of esters is 2. The minimum Gasteiger partial charge on any atom is -0.468 e. The number of amides is 1. The quantitative estimate of drug-likeness (QED) is 0.363. The Hall–Kier alpha value is -3.42. The molecule has 8 nitrogen and oxygen atoms in total. The van der Waals surface area contributed by atoms with Crippen LogP contribution in [0, 0.1) is 0 Å². The SMILES string of the molecule is COC(=O)C(c1ccccc1)C1CCCCN1C(=O)OC[n+]1cccc(C(=O)OC(C)(C)C)c1. The maximum Gasteiger partial charge on any atom is 0.414 e. The molecule has 0 bridgehead atoms. The summed E-state index contributed by atoms with van der Waals surface area (Å²) in [7, 11) is 1.36. The predicted molar refractivity (Wildman–Crippen MR) is 124 cm³/mol. The van der Waals surface area contributed by atoms with E-state index in [1.54, 1.807) is 54.8 Å². The molecule has 2 heterocycles. The molecule has 0 aliphatic carbocycles. The van der Waals surface area contributed by atoms with Gasteiger partial charge in [-0.1, -0.05) is 30.3 Å². The fraction of sp³-hybridized carbons (Fsp3) is 0.462. The van der Waals surface area contributed by atoms with Gasteiger partial charge < -0.3 is 19.1 Å². The van der Waals surface area contributed by atoms with Crippen molar-refractivity contribution >= 4 is 18.0 Å². The van der Waals surface area contributed by atoms with Gasteiger partial charge in [-0.15, -0.1) is 0 Å². The third kappa shape index (κ3) is 6.56. The summed E-state index contributed by atoms with van der Waals surface area (Å²) < 4.78 is 17.7. The number of likely N-dealkylation sites (tertiary alicyclic amines) is 1. The molecule has 1 aliphatic rings. The summed E-state index contributed by atoms with van der Waals surface area (Å²) in [6.07, 6.45) is 5.18. The van der Waals surface area contributed by atoms with Crippen LogP contribution in [-0.4, -0.2) is 48.2 Å². The molecule has 0 radical (unpaired) electrons. The van der Waals surface area contributed by atoms with Gasteiger partial charge in [0.05, 0.1) is 13.2 Å². The van der Waals surface area contributed by atoms with Crippen LogP contribution in [0.4, 0.5) is 4.79 Å². The van der Waals surface area contributed by atoms with Crippen molar-refractivity contribution in [3.63, 3.8) is 0 Å². The summed E-state index contributed by atoms with van der Waals surface area (Å²) in [6, 6.07) is 12.3. The molecule has 3 rings (SSSR count). The Balaban J connectivity index is 1.72. The Labute approximate surface area is 200 Å². The standard InChI is InChI=1S/C26H33N2O6/c1-26(2,3)34-23(29)20-13-10-15-27(17-20)18-33-25(31)28-16-9-8-14-21(28)22(24(30)32-4)19-11-6-5-7-12-19/h5-7,10-13,15,17,21-22H,8-9,14,16,18H2,1-4H3/q+1. The number of aromatic nitrogens is 1. The Morgan fingerprint density at radius 3 is 2.50 bits per heavy atom. The van der Waals surface area contributed by atoms with E-state index in [9.17, 15) is 14.4 Å². The Kier molecular flexibility index (Phi) is 8.26. The van der Waals surface area contributed by atoms with E-state index in [2.05, 4.69) is 0 Å². The highest BCUT2D eigenvalue weighted by molar-refractivity contribution is 5.89. The van der Waals surface area contributed by atoms with Gasteiger partial charge in [0.1, 0.15) is 17.1 Å². The minimum atomic E-state index is -0.609. The number of piperidine rings is 1. The molecule has 1 aliphatic heterocycles. The molecule has 1 amide bonds. The third-order valence-electron chi connectivity index (χ3n) is 5.61. The van der Waals surface area contributed by atoms with E-state index in [1.165, 1.54) is 7.11 Å². The van der Waals surface area contributed by atoms with Crippen LogP contribution < -0.4 is 4.57 Å². The van der Waals surface area contributed by atoms with E-state index >= 15 is 0 Å². The lowest BCUT2D eigenvalue weighted by Gasteiger charge is -2.38. The maximum absolute atomic E-state index is 13.1. The molecule has 2 unspecified atom stereocenters. The van der Waals surface area contributed by atoms with Gasteiger partial charge in [-0.3, -0.25) is 4.79 Å². The van der Waals surface area contributed by atoms with Crippen LogP contribution in [0.25, 0.3) is 0 Å². The first-order valence-electron chi connectivity index (χ1n) is 11.5. The largest absolute Gasteiger partial charge is 0.468 e. The number of pyridine rings is 1. The van der Waals surface area contributed by atoms with Crippen molar-refractivity contribution in [3.05, 3.63) is 66.0 Å². The van der Waals surface area contributed by atoms with Crippen molar-refractivity contribution in [1.82, 2.24) is 4.90 Å². The molecule has 1 fully saturated rings. The van der Waals surface area contributed by atoms with E-state index in [-0.39, 0.29) is 18.7 Å². The van der Waals surface area contributed by atoms with Crippen LogP contribution in [0.1, 0.15) is 61.9 Å². The van der Waals surface area contributed by atoms with Crippen LogP contribution >= 0.6 is 0 Å². The number of rotatable bonds is 6. The van der Waals surface area contributed by atoms with E-state index in [0.717, 1.165) is 18.4 Å². The molecule has 34 heavy (non-hydrogen) atoms. The number of carbonyl (C=O) groups excluding carboxylic acids is 3. The van der Waals surface area contributed by atoms with Gasteiger partial charge in [0.2, 0.25) is 0 Å². The lowest BCUT2D eigenvalue weighted by atomic mass is 9.85. The van der Waals surface area contributed by atoms with Crippen molar-refractivity contribution in [3.8, 4) is 0 Å². The predicted octanol–water partition coefficient (Wildman–Crippen LogP) is 3.83. The number of hydrogen-bond donors (Lipinski definition) is 0. The molecule has 2 aromatic rings. The molecular formula is C26H33N2O6+. The summed E-state index contributed by atoms with van der Waals surface area (Å²) in [5.74, 6) is -1.43. The Morgan fingerprint density at radius 2 is 1.82 bits per heavy atom. The summed E-state index contributed by atoms with van der Waals surface area (Å²) in [5, 5.41) is 0. The highest BCUT2D eigenvalue weighted by atomic mass is 16.6. The summed E-state index contributed by atoms with van der Waals surface area (Å²) >= 11 is 0. The van der Waals surface area contributed by atoms with Crippen LogP contribution in [0.2, 0.25) is 0 Å². The van der Waals surface area contributed by atoms with Crippen LogP contribution in [0.15, 0.2) is 54.9 Å². The lowest BCUT2D eigenvalue weighted by Crippen LogP contribution is -2.50. The fourth-order valence-corrected chi connectivity index (χ4v) is 4.11. The molecule has 8 heteroatoms. The van der Waals surface area contributed by atoms with Gasteiger partial charge in [-0.2, -0.15) is 4.57 Å². The van der Waals surface area contributed by atoms with Crippen LogP contribution in [-0.2, 0) is 25.7 Å². The molecule has 182 valence electrons. The number of methoxy groups -OCH3 is 1. The maximum atomic E-state index is 13.1. The average Bonchev–Trinajstić information content (AvgIpc) is 2.82. The van der Waals surface area contributed by atoms with E-state index in [4.69, 9.17) is 14.2 Å². The molecular weight excluding hydrogens is 436 g/mol. The second-order valence-electron chi connectivity index (χ2n) is 9.32. The van der Waals surface area contributed by atoms with E-state index < -0.39 is 23.6 Å². The second kappa shape index (κ2) is 11.1. The molecule has 1 aromatic carbocycles. The number of nitrogens with zero attached hydrogens (tertiary/aromatic N) is 2. The highest BCUT2D eigenvalue weighted by Gasteiger charge is 2.39. The minimum absolute atomic E-state index is 0.0765. The first-order valence-corrected chi connectivity index (χ1v) is 11.5. The first-order chi connectivity index (χ1) is 16.2. The molecule has 1 saturated heterocycles. The van der Waals surface area contributed by atoms with Crippen molar-refractivity contribution in [2.45, 2.75) is 64.3 Å². The summed E-state index contributed by atoms with van der Waals surface area (Å²) in [5.41, 5.74) is 0.556. The smallest absolute Gasteiger partial charge is 0.414 e. The van der Waals surface area contributed by atoms with Gasteiger partial charge >= 0.3 is 18.0 Å². The topological polar surface area (TPSA) is 86.0 Å².